The van der Waals surface area contributed by atoms with E-state index in [1.54, 1.807) is 12.1 Å². The Morgan fingerprint density at radius 2 is 1.27 bits per heavy atom. The molecule has 6 N–H and O–H groups in total. The van der Waals surface area contributed by atoms with E-state index >= 15 is 0 Å². The van der Waals surface area contributed by atoms with E-state index in [1.807, 2.05) is 73.3 Å². The first-order valence-electron chi connectivity index (χ1n) is 16.3. The highest BCUT2D eigenvalue weighted by molar-refractivity contribution is 7.99. The first-order valence-corrected chi connectivity index (χ1v) is 19.0. The van der Waals surface area contributed by atoms with Gasteiger partial charge >= 0.3 is 0 Å². The monoisotopic (exact) mass is 718 g/mol. The standard InChI is InChI=1S/C21H23N3OS2.C15H19N3OS2/c25-19-6-7-20-16(11-19)10-18(14-27-20)24-17(13-23-21(24)26)8-9-22-12-15-4-2-1-3-5-15;1-16-5-4-11-8-17-15(20)18(11)12-6-10-7-13(19)2-3-14(10)21-9-12/h1-7,11,13,18,22,25H,8-10,12,14H2,(H,23,26);2-3,7-8,12,16,19H,4-6,9H2,1H3,(H,17,20)/t18-;12-/m11/s1. The third-order valence-corrected chi connectivity index (χ3v) is 11.9. The summed E-state index contributed by atoms with van der Waals surface area (Å²) in [5.41, 5.74) is 6.17. The van der Waals surface area contributed by atoms with Crippen molar-refractivity contribution in [2.75, 3.05) is 31.6 Å². The summed E-state index contributed by atoms with van der Waals surface area (Å²) < 4.78 is 6.07. The fourth-order valence-corrected chi connectivity index (χ4v) is 9.29. The minimum absolute atomic E-state index is 0.312. The fourth-order valence-electron chi connectivity index (χ4n) is 6.37. The van der Waals surface area contributed by atoms with Crippen LogP contribution in [0.2, 0.25) is 0 Å². The van der Waals surface area contributed by atoms with Crippen LogP contribution in [0.25, 0.3) is 0 Å². The molecule has 0 saturated heterocycles. The van der Waals surface area contributed by atoms with E-state index in [1.165, 1.54) is 37.9 Å². The molecule has 3 aromatic carbocycles. The number of rotatable bonds is 10. The molecule has 2 aliphatic heterocycles. The lowest BCUT2D eigenvalue weighted by Gasteiger charge is -2.27. The predicted molar refractivity (Wildman–Crippen MR) is 202 cm³/mol. The molecule has 4 heterocycles. The molecule has 0 spiro atoms. The third-order valence-electron chi connectivity index (χ3n) is 8.73. The Kier molecular flexibility index (Phi) is 11.8. The van der Waals surface area contributed by atoms with Gasteiger partial charge in [-0.05, 0) is 97.4 Å². The molecule has 48 heavy (non-hydrogen) atoms. The van der Waals surface area contributed by atoms with Crippen molar-refractivity contribution in [3.05, 3.63) is 117 Å². The molecule has 0 unspecified atom stereocenters. The molecule has 2 atom stereocenters. The van der Waals surface area contributed by atoms with Crippen molar-refractivity contribution in [1.29, 1.82) is 0 Å². The van der Waals surface area contributed by atoms with Crippen LogP contribution in [-0.2, 0) is 32.2 Å². The number of thioether (sulfide) groups is 2. The summed E-state index contributed by atoms with van der Waals surface area (Å²) in [5, 5.41) is 26.2. The number of imidazole rings is 2. The maximum absolute atomic E-state index is 9.80. The second kappa shape index (κ2) is 16.4. The zero-order valence-corrected chi connectivity index (χ0v) is 30.2. The van der Waals surface area contributed by atoms with Crippen LogP contribution >= 0.6 is 48.0 Å². The van der Waals surface area contributed by atoms with E-state index < -0.39 is 0 Å². The van der Waals surface area contributed by atoms with Crippen molar-refractivity contribution in [3.8, 4) is 11.5 Å². The molecular weight excluding hydrogens is 677 g/mol. The molecule has 252 valence electrons. The summed E-state index contributed by atoms with van der Waals surface area (Å²) in [6.45, 7) is 2.71. The van der Waals surface area contributed by atoms with Crippen molar-refractivity contribution in [2.24, 2.45) is 0 Å². The number of nitrogens with zero attached hydrogens (tertiary/aromatic N) is 2. The third kappa shape index (κ3) is 8.47. The van der Waals surface area contributed by atoms with Gasteiger partial charge < -0.3 is 39.9 Å². The Morgan fingerprint density at radius 1 is 0.750 bits per heavy atom. The van der Waals surface area contributed by atoms with Crippen LogP contribution in [0.15, 0.2) is 88.9 Å². The van der Waals surface area contributed by atoms with Gasteiger partial charge in [0, 0.05) is 89.6 Å². The predicted octanol–water partition coefficient (Wildman–Crippen LogP) is 7.38. The number of phenols is 2. The van der Waals surface area contributed by atoms with Gasteiger partial charge in [-0.2, -0.15) is 0 Å². The lowest BCUT2D eigenvalue weighted by molar-refractivity contribution is 0.469. The van der Waals surface area contributed by atoms with Crippen molar-refractivity contribution in [2.45, 2.75) is 54.1 Å². The number of aromatic hydroxyl groups is 2. The van der Waals surface area contributed by atoms with Crippen LogP contribution in [0.4, 0.5) is 0 Å². The normalized spacial score (nSPS) is 16.9. The van der Waals surface area contributed by atoms with E-state index in [0.29, 0.717) is 23.6 Å². The van der Waals surface area contributed by atoms with Crippen LogP contribution in [0.3, 0.4) is 0 Å². The lowest BCUT2D eigenvalue weighted by Crippen LogP contribution is -2.23. The maximum atomic E-state index is 9.80. The highest BCUT2D eigenvalue weighted by atomic mass is 32.2. The zero-order valence-electron chi connectivity index (χ0n) is 26.9. The van der Waals surface area contributed by atoms with Crippen LogP contribution in [0, 0.1) is 9.54 Å². The quantitative estimate of drug-likeness (QED) is 0.0657. The largest absolute Gasteiger partial charge is 0.508 e. The number of benzene rings is 3. The molecule has 0 amide bonds. The molecule has 8 nitrogen and oxygen atoms in total. The Morgan fingerprint density at radius 3 is 1.79 bits per heavy atom. The van der Waals surface area contributed by atoms with Gasteiger partial charge in [0.05, 0.1) is 0 Å². The average Bonchev–Trinajstić information content (AvgIpc) is 3.66. The van der Waals surface area contributed by atoms with Crippen molar-refractivity contribution in [1.82, 2.24) is 29.7 Å². The van der Waals surface area contributed by atoms with Crippen molar-refractivity contribution < 1.29 is 10.2 Å². The molecule has 2 aliphatic rings. The number of aromatic amines is 2. The topological polar surface area (TPSA) is 106 Å². The Balaban J connectivity index is 0.000000173. The van der Waals surface area contributed by atoms with Gasteiger partial charge in [-0.25, -0.2) is 0 Å². The summed E-state index contributed by atoms with van der Waals surface area (Å²) in [5.74, 6) is 2.67. The van der Waals surface area contributed by atoms with E-state index in [9.17, 15) is 10.2 Å². The molecule has 0 aliphatic carbocycles. The highest BCUT2D eigenvalue weighted by Crippen LogP contribution is 2.38. The molecule has 2 aromatic heterocycles. The number of nitrogens with one attached hydrogen (secondary N) is 4. The fraction of sp³-hybridized carbons (Fsp3) is 0.333. The summed E-state index contributed by atoms with van der Waals surface area (Å²) >= 11 is 14.7. The molecule has 0 radical (unpaired) electrons. The van der Waals surface area contributed by atoms with E-state index in [-0.39, 0.29) is 0 Å². The summed E-state index contributed by atoms with van der Waals surface area (Å²) in [6.07, 6.45) is 7.74. The summed E-state index contributed by atoms with van der Waals surface area (Å²) in [7, 11) is 1.96. The molecule has 0 bridgehead atoms. The summed E-state index contributed by atoms with van der Waals surface area (Å²) in [4.78, 5) is 8.92. The van der Waals surface area contributed by atoms with Gasteiger partial charge in [0.15, 0.2) is 9.54 Å². The van der Waals surface area contributed by atoms with E-state index in [4.69, 9.17) is 24.4 Å². The molecule has 5 aromatic rings. The van der Waals surface area contributed by atoms with Crippen molar-refractivity contribution in [3.63, 3.8) is 0 Å². The van der Waals surface area contributed by atoms with Gasteiger partial charge in [-0.3, -0.25) is 0 Å². The lowest BCUT2D eigenvalue weighted by atomic mass is 10.1. The maximum Gasteiger partial charge on any atom is 0.177 e. The Hall–Kier alpha value is -3.26. The first kappa shape index (κ1) is 34.6. The summed E-state index contributed by atoms with van der Waals surface area (Å²) in [6, 6.07) is 22.4. The Labute approximate surface area is 300 Å². The van der Waals surface area contributed by atoms with Crippen LogP contribution in [-0.4, -0.2) is 61.0 Å². The number of aromatic nitrogens is 4. The molecule has 12 heteroatoms. The Bertz CT molecular complexity index is 1930. The SMILES string of the molecule is CNCCc1c[nH]c(=S)n1[C@H]1CSc2ccc(O)cc2C1.Oc1ccc2c(c1)C[C@@H](n1c(CCNCc3ccccc3)c[nH]c1=S)CS2. The second-order valence-electron chi connectivity index (χ2n) is 12.1. The molecule has 7 rings (SSSR count). The molecule has 0 fully saturated rings. The van der Waals surface area contributed by atoms with Crippen LogP contribution in [0.5, 0.6) is 11.5 Å². The minimum atomic E-state index is 0.312. The smallest absolute Gasteiger partial charge is 0.177 e. The number of hydrogen-bond donors (Lipinski definition) is 6. The van der Waals surface area contributed by atoms with Gasteiger partial charge in [0.2, 0.25) is 0 Å². The van der Waals surface area contributed by atoms with Crippen LogP contribution in [0.1, 0.15) is 40.2 Å². The number of H-pyrrole nitrogens is 2. The number of likely N-dealkylation sites (N-methyl/N-ethyl adjacent to an activating group) is 1. The molecule has 0 saturated carbocycles. The van der Waals surface area contributed by atoms with Crippen molar-refractivity contribution >= 4 is 48.0 Å². The second-order valence-corrected chi connectivity index (χ2v) is 15.0. The van der Waals surface area contributed by atoms with E-state index in [0.717, 1.165) is 66.4 Å². The highest BCUT2D eigenvalue weighted by Gasteiger charge is 2.24. The van der Waals surface area contributed by atoms with Gasteiger partial charge in [-0.15, -0.1) is 23.5 Å². The zero-order chi connectivity index (χ0) is 33.5. The van der Waals surface area contributed by atoms with Gasteiger partial charge in [0.1, 0.15) is 11.5 Å². The van der Waals surface area contributed by atoms with Crippen LogP contribution < -0.4 is 10.6 Å². The number of fused-ring (bicyclic) bond motifs is 2. The number of phenolic OH excluding ortho intramolecular Hbond substituents is 2. The molecular formula is C36H42N6O2S4. The first-order chi connectivity index (χ1) is 23.4. The van der Waals surface area contributed by atoms with E-state index in [2.05, 4.69) is 54.0 Å². The number of hydrogen-bond acceptors (Lipinski definition) is 8. The van der Waals surface area contributed by atoms with Gasteiger partial charge in [0.25, 0.3) is 0 Å². The van der Waals surface area contributed by atoms with Gasteiger partial charge in [-0.1, -0.05) is 30.3 Å². The average molecular weight is 719 g/mol. The minimum Gasteiger partial charge on any atom is -0.508 e.